The van der Waals surface area contributed by atoms with E-state index in [4.69, 9.17) is 16.3 Å². The first-order chi connectivity index (χ1) is 12.0. The SMILES string of the molecule is CN1CCc2[nH]nc(C(=O)NC[C@@H](O)COc3ccc(Cl)cc3)c2C1. The average Bonchev–Trinajstić information content (AvgIpc) is 3.02. The topological polar surface area (TPSA) is 90.5 Å². The summed E-state index contributed by atoms with van der Waals surface area (Å²) >= 11 is 5.80. The van der Waals surface area contributed by atoms with Crippen LogP contribution in [0.15, 0.2) is 24.3 Å². The predicted molar refractivity (Wildman–Crippen MR) is 93.9 cm³/mol. The second-order valence-corrected chi connectivity index (χ2v) is 6.58. The minimum Gasteiger partial charge on any atom is -0.491 e. The Hall–Kier alpha value is -2.09. The molecule has 1 amide bonds. The van der Waals surface area contributed by atoms with E-state index in [9.17, 15) is 9.90 Å². The van der Waals surface area contributed by atoms with Gasteiger partial charge >= 0.3 is 0 Å². The molecule has 3 N–H and O–H groups in total. The van der Waals surface area contributed by atoms with Crippen molar-refractivity contribution >= 4 is 17.5 Å². The summed E-state index contributed by atoms with van der Waals surface area (Å²) in [6.07, 6.45) is 0.0287. The van der Waals surface area contributed by atoms with Crippen LogP contribution in [0.1, 0.15) is 21.7 Å². The number of carbonyl (C=O) groups excluding carboxylic acids is 1. The molecule has 1 atom stereocenters. The van der Waals surface area contributed by atoms with Crippen LogP contribution in [0.5, 0.6) is 5.75 Å². The number of halogens is 1. The highest BCUT2D eigenvalue weighted by Crippen LogP contribution is 2.19. The highest BCUT2D eigenvalue weighted by Gasteiger charge is 2.24. The maximum absolute atomic E-state index is 12.3. The van der Waals surface area contributed by atoms with Gasteiger partial charge in [0, 0.05) is 42.3 Å². The number of fused-ring (bicyclic) bond motifs is 1. The number of hydrogen-bond donors (Lipinski definition) is 3. The van der Waals surface area contributed by atoms with Crippen LogP contribution in [0, 0.1) is 0 Å². The van der Waals surface area contributed by atoms with Crippen molar-refractivity contribution in [2.75, 3.05) is 26.7 Å². The van der Waals surface area contributed by atoms with Crippen molar-refractivity contribution in [3.05, 3.63) is 46.2 Å². The van der Waals surface area contributed by atoms with Gasteiger partial charge in [-0.3, -0.25) is 9.89 Å². The molecule has 8 heteroatoms. The lowest BCUT2D eigenvalue weighted by molar-refractivity contribution is 0.0838. The quantitative estimate of drug-likeness (QED) is 0.717. The Kier molecular flexibility index (Phi) is 5.57. The molecule has 0 radical (unpaired) electrons. The van der Waals surface area contributed by atoms with Crippen molar-refractivity contribution in [1.82, 2.24) is 20.4 Å². The molecule has 0 aliphatic carbocycles. The highest BCUT2D eigenvalue weighted by atomic mass is 35.5. The van der Waals surface area contributed by atoms with E-state index >= 15 is 0 Å². The average molecular weight is 365 g/mol. The van der Waals surface area contributed by atoms with Gasteiger partial charge in [-0.2, -0.15) is 5.10 Å². The van der Waals surface area contributed by atoms with Gasteiger partial charge < -0.3 is 20.1 Å². The van der Waals surface area contributed by atoms with Crippen molar-refractivity contribution in [2.24, 2.45) is 0 Å². The number of ether oxygens (including phenoxy) is 1. The first kappa shape index (κ1) is 17.7. The van der Waals surface area contributed by atoms with E-state index in [1.165, 1.54) is 0 Å². The van der Waals surface area contributed by atoms with Crippen molar-refractivity contribution in [3.63, 3.8) is 0 Å². The number of aliphatic hydroxyl groups excluding tert-OH is 1. The number of likely N-dealkylation sites (N-methyl/N-ethyl adjacent to an activating group) is 1. The summed E-state index contributed by atoms with van der Waals surface area (Å²) in [7, 11) is 2.01. The van der Waals surface area contributed by atoms with Gasteiger partial charge in [0.1, 0.15) is 18.5 Å². The highest BCUT2D eigenvalue weighted by molar-refractivity contribution is 6.30. The van der Waals surface area contributed by atoms with Gasteiger partial charge in [-0.25, -0.2) is 0 Å². The summed E-state index contributed by atoms with van der Waals surface area (Å²) in [5, 5.41) is 20.4. The van der Waals surface area contributed by atoms with E-state index in [0.717, 1.165) is 24.2 Å². The van der Waals surface area contributed by atoms with E-state index < -0.39 is 6.10 Å². The maximum atomic E-state index is 12.3. The first-order valence-corrected chi connectivity index (χ1v) is 8.50. The Labute approximate surface area is 150 Å². The van der Waals surface area contributed by atoms with E-state index in [0.29, 0.717) is 23.0 Å². The van der Waals surface area contributed by atoms with Crippen molar-refractivity contribution in [2.45, 2.75) is 19.1 Å². The van der Waals surface area contributed by atoms with Gasteiger partial charge in [0.25, 0.3) is 5.91 Å². The van der Waals surface area contributed by atoms with Crippen LogP contribution in [-0.2, 0) is 13.0 Å². The number of amides is 1. The molecule has 0 fully saturated rings. The van der Waals surface area contributed by atoms with Crippen LogP contribution in [0.2, 0.25) is 5.02 Å². The lowest BCUT2D eigenvalue weighted by atomic mass is 10.1. The first-order valence-electron chi connectivity index (χ1n) is 8.12. The van der Waals surface area contributed by atoms with Gasteiger partial charge in [-0.05, 0) is 31.3 Å². The molecule has 1 aromatic heterocycles. The molecule has 0 bridgehead atoms. The van der Waals surface area contributed by atoms with E-state index in [1.807, 2.05) is 7.05 Å². The summed E-state index contributed by atoms with van der Waals surface area (Å²) in [5.41, 5.74) is 2.33. The molecule has 0 saturated heterocycles. The lowest BCUT2D eigenvalue weighted by Gasteiger charge is -2.22. The molecule has 1 aliphatic rings. The zero-order chi connectivity index (χ0) is 17.8. The molecular weight excluding hydrogens is 344 g/mol. The number of aromatic amines is 1. The molecule has 2 heterocycles. The Morgan fingerprint density at radius 2 is 2.24 bits per heavy atom. The third-order valence-electron chi connectivity index (χ3n) is 4.09. The Morgan fingerprint density at radius 1 is 1.48 bits per heavy atom. The molecule has 2 aromatic rings. The Morgan fingerprint density at radius 3 is 3.00 bits per heavy atom. The number of nitrogens with zero attached hydrogens (tertiary/aromatic N) is 2. The molecule has 25 heavy (non-hydrogen) atoms. The van der Waals surface area contributed by atoms with E-state index in [-0.39, 0.29) is 19.1 Å². The number of aliphatic hydroxyl groups is 1. The summed E-state index contributed by atoms with van der Waals surface area (Å²) in [5.74, 6) is 0.317. The van der Waals surface area contributed by atoms with Gasteiger partial charge in [0.05, 0.1) is 0 Å². The van der Waals surface area contributed by atoms with Crippen LogP contribution >= 0.6 is 11.6 Å². The fourth-order valence-electron chi connectivity index (χ4n) is 2.69. The van der Waals surface area contributed by atoms with Gasteiger partial charge in [0.15, 0.2) is 5.69 Å². The zero-order valence-electron chi connectivity index (χ0n) is 14.0. The maximum Gasteiger partial charge on any atom is 0.272 e. The van der Waals surface area contributed by atoms with E-state index in [2.05, 4.69) is 20.4 Å². The Bertz CT molecular complexity index is 732. The minimum atomic E-state index is -0.822. The van der Waals surface area contributed by atoms with Crippen LogP contribution in [0.25, 0.3) is 0 Å². The second kappa shape index (κ2) is 7.86. The minimum absolute atomic E-state index is 0.0727. The van der Waals surface area contributed by atoms with Gasteiger partial charge in [-0.15, -0.1) is 0 Å². The monoisotopic (exact) mass is 364 g/mol. The number of benzene rings is 1. The van der Waals surface area contributed by atoms with Crippen LogP contribution in [0.4, 0.5) is 0 Å². The summed E-state index contributed by atoms with van der Waals surface area (Å²) in [6.45, 7) is 1.79. The van der Waals surface area contributed by atoms with Gasteiger partial charge in [-0.1, -0.05) is 11.6 Å². The molecule has 134 valence electrons. The smallest absolute Gasteiger partial charge is 0.272 e. The molecule has 0 unspecified atom stereocenters. The zero-order valence-corrected chi connectivity index (χ0v) is 14.7. The molecule has 1 aromatic carbocycles. The number of hydrogen-bond acceptors (Lipinski definition) is 5. The van der Waals surface area contributed by atoms with E-state index in [1.54, 1.807) is 24.3 Å². The summed E-state index contributed by atoms with van der Waals surface area (Å²) in [4.78, 5) is 14.5. The number of H-pyrrole nitrogens is 1. The number of rotatable bonds is 6. The largest absolute Gasteiger partial charge is 0.491 e. The molecule has 7 nitrogen and oxygen atoms in total. The van der Waals surface area contributed by atoms with Gasteiger partial charge in [0.2, 0.25) is 0 Å². The summed E-state index contributed by atoms with van der Waals surface area (Å²) < 4.78 is 5.46. The second-order valence-electron chi connectivity index (χ2n) is 6.15. The molecule has 1 aliphatic heterocycles. The van der Waals surface area contributed by atoms with Crippen molar-refractivity contribution < 1.29 is 14.6 Å². The normalized spacial score (nSPS) is 15.5. The van der Waals surface area contributed by atoms with Crippen LogP contribution < -0.4 is 10.1 Å². The molecular formula is C17H21ClN4O3. The Balaban J connectivity index is 1.49. The molecule has 0 saturated carbocycles. The fraction of sp³-hybridized carbons (Fsp3) is 0.412. The number of nitrogens with one attached hydrogen (secondary N) is 2. The van der Waals surface area contributed by atoms with Crippen molar-refractivity contribution in [1.29, 1.82) is 0 Å². The summed E-state index contributed by atoms with van der Waals surface area (Å²) in [6, 6.07) is 6.87. The number of carbonyl (C=O) groups is 1. The predicted octanol–water partition coefficient (Wildman–Crippen LogP) is 1.22. The molecule has 3 rings (SSSR count). The third kappa shape index (κ3) is 4.50. The third-order valence-corrected chi connectivity index (χ3v) is 4.35. The standard InChI is InChI=1S/C17H21ClN4O3/c1-22-7-6-15-14(9-22)16(21-20-15)17(24)19-8-12(23)10-25-13-4-2-11(18)3-5-13/h2-5,12,23H,6-10H2,1H3,(H,19,24)(H,20,21)/t12-/m1/s1. The molecule has 0 spiro atoms. The number of aromatic nitrogens is 2. The lowest BCUT2D eigenvalue weighted by Crippen LogP contribution is -2.36. The van der Waals surface area contributed by atoms with Crippen molar-refractivity contribution in [3.8, 4) is 5.75 Å². The fourth-order valence-corrected chi connectivity index (χ4v) is 2.82. The van der Waals surface area contributed by atoms with Crippen LogP contribution in [0.3, 0.4) is 0 Å². The van der Waals surface area contributed by atoms with Crippen LogP contribution in [-0.4, -0.2) is 59.0 Å².